The molecule has 3 aromatic rings. The molecule has 0 aliphatic heterocycles. The predicted molar refractivity (Wildman–Crippen MR) is 117 cm³/mol. The molecule has 0 spiro atoms. The second-order valence-electron chi connectivity index (χ2n) is 5.94. The Labute approximate surface area is 181 Å². The molecule has 28 heavy (non-hydrogen) atoms. The third-order valence-corrected chi connectivity index (χ3v) is 4.91. The minimum Gasteiger partial charge on any atom is -0.361 e. The topological polar surface area (TPSA) is 65.1 Å². The van der Waals surface area contributed by atoms with Crippen molar-refractivity contribution in [3.8, 4) is 0 Å². The zero-order valence-corrected chi connectivity index (χ0v) is 18.3. The van der Waals surface area contributed by atoms with Gasteiger partial charge in [-0.25, -0.2) is 4.98 Å². The Hall–Kier alpha value is -1.82. The van der Waals surface area contributed by atoms with Gasteiger partial charge >= 0.3 is 6.18 Å². The van der Waals surface area contributed by atoms with Crippen LogP contribution in [0.4, 0.5) is 13.2 Å². The second-order valence-corrected chi connectivity index (χ2v) is 6.88. The van der Waals surface area contributed by atoms with Gasteiger partial charge in [0.1, 0.15) is 5.01 Å². The van der Waals surface area contributed by atoms with Gasteiger partial charge in [-0.3, -0.25) is 4.99 Å². The quantitative estimate of drug-likeness (QED) is 0.192. The SMILES string of the molecule is CN=C(NCCCc1c[nH]c2ccccc12)NCc1nc(C(F)(F)F)cs1.I. The summed E-state index contributed by atoms with van der Waals surface area (Å²) in [6, 6.07) is 8.16. The molecule has 0 radical (unpaired) electrons. The number of halogens is 4. The van der Waals surface area contributed by atoms with Gasteiger partial charge in [0.25, 0.3) is 0 Å². The van der Waals surface area contributed by atoms with Gasteiger partial charge < -0.3 is 15.6 Å². The molecule has 0 saturated heterocycles. The lowest BCUT2D eigenvalue weighted by Gasteiger charge is -2.10. The number of alkyl halides is 3. The maximum absolute atomic E-state index is 12.6. The number of aryl methyl sites for hydroxylation is 1. The number of aromatic amines is 1. The number of rotatable bonds is 6. The summed E-state index contributed by atoms with van der Waals surface area (Å²) in [5.74, 6) is 0.540. The van der Waals surface area contributed by atoms with Crippen molar-refractivity contribution in [3.05, 3.63) is 52.1 Å². The van der Waals surface area contributed by atoms with Gasteiger partial charge in [-0.2, -0.15) is 13.2 Å². The molecule has 0 fully saturated rings. The Bertz CT molecular complexity index is 919. The van der Waals surface area contributed by atoms with Gasteiger partial charge in [0, 0.05) is 36.1 Å². The molecule has 152 valence electrons. The molecule has 3 rings (SSSR count). The van der Waals surface area contributed by atoms with Crippen LogP contribution in [-0.2, 0) is 19.1 Å². The Balaban J connectivity index is 0.00000280. The van der Waals surface area contributed by atoms with Crippen LogP contribution in [0.15, 0.2) is 40.8 Å². The van der Waals surface area contributed by atoms with Gasteiger partial charge in [0.05, 0.1) is 6.54 Å². The molecule has 3 N–H and O–H groups in total. The molecular formula is C18H21F3IN5S. The number of hydrogen-bond donors (Lipinski definition) is 3. The molecule has 0 atom stereocenters. The summed E-state index contributed by atoms with van der Waals surface area (Å²) in [7, 11) is 1.62. The molecule has 10 heteroatoms. The number of H-pyrrole nitrogens is 1. The van der Waals surface area contributed by atoms with E-state index in [1.807, 2.05) is 24.4 Å². The van der Waals surface area contributed by atoms with Gasteiger partial charge in [-0.15, -0.1) is 35.3 Å². The summed E-state index contributed by atoms with van der Waals surface area (Å²) in [5, 5.41) is 8.77. The zero-order chi connectivity index (χ0) is 19.3. The smallest absolute Gasteiger partial charge is 0.361 e. The molecule has 0 amide bonds. The number of thiazole rings is 1. The number of para-hydroxylation sites is 1. The molecule has 0 aliphatic rings. The largest absolute Gasteiger partial charge is 0.434 e. The van der Waals surface area contributed by atoms with E-state index >= 15 is 0 Å². The van der Waals surface area contributed by atoms with Crippen molar-refractivity contribution in [2.24, 2.45) is 4.99 Å². The standard InChI is InChI=1S/C18H20F3N5S.HI/c1-22-17(25-10-16-26-15(11-27-16)18(19,20)21)23-8-4-5-12-9-24-14-7-3-2-6-13(12)14;/h2-3,6-7,9,11,24H,4-5,8,10H2,1H3,(H2,22,23,25);1H. The summed E-state index contributed by atoms with van der Waals surface area (Å²) < 4.78 is 37.7. The highest BCUT2D eigenvalue weighted by Crippen LogP contribution is 2.29. The van der Waals surface area contributed by atoms with Gasteiger partial charge in [0.15, 0.2) is 11.7 Å². The monoisotopic (exact) mass is 523 g/mol. The van der Waals surface area contributed by atoms with Crippen LogP contribution in [0.1, 0.15) is 22.7 Å². The van der Waals surface area contributed by atoms with Crippen LogP contribution in [-0.4, -0.2) is 29.5 Å². The third-order valence-electron chi connectivity index (χ3n) is 4.06. The van der Waals surface area contributed by atoms with E-state index in [1.165, 1.54) is 10.9 Å². The van der Waals surface area contributed by atoms with Crippen LogP contribution in [0, 0.1) is 0 Å². The fraction of sp³-hybridized carbons (Fsp3) is 0.333. The Morgan fingerprint density at radius 1 is 1.25 bits per heavy atom. The fourth-order valence-electron chi connectivity index (χ4n) is 2.73. The van der Waals surface area contributed by atoms with Crippen LogP contribution in [0.2, 0.25) is 0 Å². The van der Waals surface area contributed by atoms with E-state index in [1.54, 1.807) is 7.05 Å². The van der Waals surface area contributed by atoms with E-state index in [4.69, 9.17) is 0 Å². The second kappa shape index (κ2) is 10.1. The molecule has 2 heterocycles. The van der Waals surface area contributed by atoms with Crippen LogP contribution < -0.4 is 10.6 Å². The van der Waals surface area contributed by atoms with E-state index < -0.39 is 11.9 Å². The first-order chi connectivity index (χ1) is 13.0. The Morgan fingerprint density at radius 3 is 2.75 bits per heavy atom. The summed E-state index contributed by atoms with van der Waals surface area (Å²) >= 11 is 0.977. The lowest BCUT2D eigenvalue weighted by molar-refractivity contribution is -0.140. The molecular weight excluding hydrogens is 502 g/mol. The highest BCUT2D eigenvalue weighted by atomic mass is 127. The van der Waals surface area contributed by atoms with E-state index in [9.17, 15) is 13.2 Å². The number of fused-ring (bicyclic) bond motifs is 1. The summed E-state index contributed by atoms with van der Waals surface area (Å²) in [5.41, 5.74) is 1.53. The molecule has 0 saturated carbocycles. The number of aromatic nitrogens is 2. The van der Waals surface area contributed by atoms with Gasteiger partial charge in [0.2, 0.25) is 0 Å². The lowest BCUT2D eigenvalue weighted by Crippen LogP contribution is -2.37. The van der Waals surface area contributed by atoms with Crippen molar-refractivity contribution in [3.63, 3.8) is 0 Å². The van der Waals surface area contributed by atoms with Crippen molar-refractivity contribution in [2.45, 2.75) is 25.6 Å². The molecule has 2 aromatic heterocycles. The maximum atomic E-state index is 12.6. The summed E-state index contributed by atoms with van der Waals surface area (Å²) in [4.78, 5) is 10.9. The van der Waals surface area contributed by atoms with E-state index in [-0.39, 0.29) is 30.5 Å². The Morgan fingerprint density at radius 2 is 2.04 bits per heavy atom. The number of nitrogens with zero attached hydrogens (tertiary/aromatic N) is 2. The van der Waals surface area contributed by atoms with E-state index in [2.05, 4.69) is 31.7 Å². The number of aliphatic imine (C=N–C) groups is 1. The van der Waals surface area contributed by atoms with E-state index in [0.717, 1.165) is 35.1 Å². The van der Waals surface area contributed by atoms with Crippen LogP contribution in [0.5, 0.6) is 0 Å². The minimum atomic E-state index is -4.41. The minimum absolute atomic E-state index is 0. The maximum Gasteiger partial charge on any atom is 0.434 e. The summed E-state index contributed by atoms with van der Waals surface area (Å²) in [6.07, 6.45) is -0.567. The van der Waals surface area contributed by atoms with Crippen molar-refractivity contribution in [1.82, 2.24) is 20.6 Å². The van der Waals surface area contributed by atoms with Crippen molar-refractivity contribution < 1.29 is 13.2 Å². The van der Waals surface area contributed by atoms with Crippen molar-refractivity contribution in [2.75, 3.05) is 13.6 Å². The molecule has 1 aromatic carbocycles. The van der Waals surface area contributed by atoms with Crippen LogP contribution in [0.3, 0.4) is 0 Å². The summed E-state index contributed by atoms with van der Waals surface area (Å²) in [6.45, 7) is 0.897. The van der Waals surface area contributed by atoms with E-state index in [0.29, 0.717) is 17.5 Å². The molecule has 0 aliphatic carbocycles. The molecule has 5 nitrogen and oxygen atoms in total. The number of hydrogen-bond acceptors (Lipinski definition) is 3. The highest BCUT2D eigenvalue weighted by Gasteiger charge is 2.33. The van der Waals surface area contributed by atoms with Crippen LogP contribution in [0.25, 0.3) is 10.9 Å². The first-order valence-corrected chi connectivity index (χ1v) is 9.36. The number of guanidine groups is 1. The predicted octanol–water partition coefficient (Wildman–Crippen LogP) is 4.56. The van der Waals surface area contributed by atoms with Crippen molar-refractivity contribution in [1.29, 1.82) is 0 Å². The average molecular weight is 523 g/mol. The first kappa shape index (κ1) is 22.5. The average Bonchev–Trinajstić information content (AvgIpc) is 3.28. The fourth-order valence-corrected chi connectivity index (χ4v) is 3.47. The highest BCUT2D eigenvalue weighted by molar-refractivity contribution is 14.0. The number of benzene rings is 1. The molecule has 0 unspecified atom stereocenters. The van der Waals surface area contributed by atoms with Crippen molar-refractivity contribution >= 4 is 52.2 Å². The Kier molecular flexibility index (Phi) is 8.10. The molecule has 0 bridgehead atoms. The first-order valence-electron chi connectivity index (χ1n) is 8.48. The van der Waals surface area contributed by atoms with Gasteiger partial charge in [-0.05, 0) is 24.5 Å². The normalized spacial score (nSPS) is 12.1. The number of nitrogens with one attached hydrogen (secondary N) is 3. The lowest BCUT2D eigenvalue weighted by atomic mass is 10.1. The third kappa shape index (κ3) is 5.84. The van der Waals surface area contributed by atoms with Crippen LogP contribution >= 0.6 is 35.3 Å². The zero-order valence-electron chi connectivity index (χ0n) is 15.1. The van der Waals surface area contributed by atoms with Gasteiger partial charge in [-0.1, -0.05) is 18.2 Å².